The summed E-state index contributed by atoms with van der Waals surface area (Å²) in [6.07, 6.45) is 1.42. The van der Waals surface area contributed by atoms with Crippen molar-refractivity contribution in [3.05, 3.63) is 65.9 Å². The zero-order valence-electron chi connectivity index (χ0n) is 12.4. The van der Waals surface area contributed by atoms with Gasteiger partial charge in [0.1, 0.15) is 0 Å². The lowest BCUT2D eigenvalue weighted by molar-refractivity contribution is 0.101. The molecular formula is C18H14N2O3. The first-order chi connectivity index (χ1) is 11.1. The molecule has 5 nitrogen and oxygen atoms in total. The zero-order chi connectivity index (χ0) is 16.2. The van der Waals surface area contributed by atoms with E-state index in [-0.39, 0.29) is 17.4 Å². The van der Waals surface area contributed by atoms with Gasteiger partial charge < -0.3 is 9.52 Å². The molecule has 0 amide bonds. The van der Waals surface area contributed by atoms with E-state index in [2.05, 4.69) is 9.98 Å². The van der Waals surface area contributed by atoms with E-state index in [1.807, 2.05) is 30.3 Å². The molecule has 0 bridgehead atoms. The Bertz CT molecular complexity index is 850. The number of carbonyl (C=O) groups excluding carboxylic acids is 1. The number of Topliss-reactive ketones (excluding diaryl/α,β-unsaturated/α-hetero) is 1. The van der Waals surface area contributed by atoms with Gasteiger partial charge in [-0.3, -0.25) is 9.79 Å². The molecule has 0 aliphatic heterocycles. The van der Waals surface area contributed by atoms with Crippen molar-refractivity contribution in [1.82, 2.24) is 4.98 Å². The molecule has 0 aliphatic rings. The van der Waals surface area contributed by atoms with Crippen LogP contribution in [0.1, 0.15) is 23.0 Å². The lowest BCUT2D eigenvalue weighted by atomic mass is 10.1. The van der Waals surface area contributed by atoms with Crippen LogP contribution in [0.4, 0.5) is 5.69 Å². The smallest absolute Gasteiger partial charge is 0.312 e. The minimum atomic E-state index is -0.284. The summed E-state index contributed by atoms with van der Waals surface area (Å²) < 4.78 is 5.25. The summed E-state index contributed by atoms with van der Waals surface area (Å²) in [5.74, 6) is 0.0478. The summed E-state index contributed by atoms with van der Waals surface area (Å²) in [7, 11) is 0. The van der Waals surface area contributed by atoms with Gasteiger partial charge in [0.05, 0.1) is 11.9 Å². The Morgan fingerprint density at radius 2 is 1.83 bits per heavy atom. The van der Waals surface area contributed by atoms with Crippen molar-refractivity contribution in [3.63, 3.8) is 0 Å². The molecule has 2 aromatic carbocycles. The van der Waals surface area contributed by atoms with Crippen LogP contribution < -0.4 is 0 Å². The van der Waals surface area contributed by atoms with Gasteiger partial charge in [-0.1, -0.05) is 18.2 Å². The minimum absolute atomic E-state index is 0.00202. The molecule has 0 aliphatic carbocycles. The number of carbonyl (C=O) groups is 1. The highest BCUT2D eigenvalue weighted by Crippen LogP contribution is 2.25. The van der Waals surface area contributed by atoms with Crippen LogP contribution in [0.5, 0.6) is 5.95 Å². The van der Waals surface area contributed by atoms with Gasteiger partial charge in [-0.15, -0.1) is 0 Å². The Morgan fingerprint density at radius 1 is 1.13 bits per heavy atom. The molecule has 0 fully saturated rings. The van der Waals surface area contributed by atoms with E-state index in [1.54, 1.807) is 24.3 Å². The second kappa shape index (κ2) is 6.27. The van der Waals surface area contributed by atoms with Crippen molar-refractivity contribution < 1.29 is 14.3 Å². The first-order valence-electron chi connectivity index (χ1n) is 7.04. The van der Waals surface area contributed by atoms with E-state index < -0.39 is 0 Å². The molecule has 0 spiro atoms. The van der Waals surface area contributed by atoms with Gasteiger partial charge >= 0.3 is 5.95 Å². The summed E-state index contributed by atoms with van der Waals surface area (Å²) in [6, 6.07) is 16.1. The largest absolute Gasteiger partial charge is 0.479 e. The lowest BCUT2D eigenvalue weighted by Crippen LogP contribution is -1.89. The predicted octanol–water partition coefficient (Wildman–Crippen LogP) is 4.00. The van der Waals surface area contributed by atoms with Gasteiger partial charge in [0.2, 0.25) is 5.89 Å². The number of aliphatic imine (C=N–C) groups is 1. The Balaban J connectivity index is 1.82. The van der Waals surface area contributed by atoms with Gasteiger partial charge in [-0.05, 0) is 43.3 Å². The molecule has 0 saturated heterocycles. The topological polar surface area (TPSA) is 75.7 Å². The van der Waals surface area contributed by atoms with Crippen LogP contribution in [0.3, 0.4) is 0 Å². The number of benzene rings is 2. The fourth-order valence-electron chi connectivity index (χ4n) is 2.03. The number of hydrogen-bond donors (Lipinski definition) is 1. The Hall–Kier alpha value is -3.21. The second-order valence-corrected chi connectivity index (χ2v) is 4.94. The van der Waals surface area contributed by atoms with Crippen LogP contribution in [-0.2, 0) is 0 Å². The molecule has 1 heterocycles. The number of aromatic nitrogens is 1. The second-order valence-electron chi connectivity index (χ2n) is 4.94. The number of hydrogen-bond acceptors (Lipinski definition) is 5. The van der Waals surface area contributed by atoms with Crippen molar-refractivity contribution in [2.24, 2.45) is 4.99 Å². The molecule has 23 heavy (non-hydrogen) atoms. The molecule has 3 rings (SSSR count). The Labute approximate surface area is 133 Å². The van der Waals surface area contributed by atoms with E-state index in [0.29, 0.717) is 17.1 Å². The zero-order valence-corrected chi connectivity index (χ0v) is 12.4. The third-order valence-corrected chi connectivity index (χ3v) is 3.26. The maximum atomic E-state index is 11.2. The van der Waals surface area contributed by atoms with E-state index >= 15 is 0 Å². The fourth-order valence-corrected chi connectivity index (χ4v) is 2.03. The molecular weight excluding hydrogens is 292 g/mol. The molecule has 1 N–H and O–H groups in total. The molecule has 3 aromatic rings. The van der Waals surface area contributed by atoms with Gasteiger partial charge in [0.25, 0.3) is 0 Å². The predicted molar refractivity (Wildman–Crippen MR) is 87.3 cm³/mol. The summed E-state index contributed by atoms with van der Waals surface area (Å²) in [5, 5.41) is 9.82. The van der Waals surface area contributed by atoms with Crippen LogP contribution in [0.2, 0.25) is 0 Å². The molecule has 5 heteroatoms. The van der Waals surface area contributed by atoms with Crippen LogP contribution in [0, 0.1) is 0 Å². The SMILES string of the molecule is CC(=O)c1ccc(N=Cc2nc(-c3ccccc3)oc2O)cc1. The van der Waals surface area contributed by atoms with Crippen LogP contribution in [0.25, 0.3) is 11.5 Å². The maximum Gasteiger partial charge on any atom is 0.312 e. The van der Waals surface area contributed by atoms with Crippen molar-refractivity contribution in [1.29, 1.82) is 0 Å². The number of rotatable bonds is 4. The number of ketones is 1. The molecule has 0 unspecified atom stereocenters. The highest BCUT2D eigenvalue weighted by Gasteiger charge is 2.11. The van der Waals surface area contributed by atoms with Gasteiger partial charge in [0, 0.05) is 11.1 Å². The summed E-state index contributed by atoms with van der Waals surface area (Å²) >= 11 is 0. The molecule has 114 valence electrons. The molecule has 1 aromatic heterocycles. The normalized spacial score (nSPS) is 11.0. The fraction of sp³-hybridized carbons (Fsp3) is 0.0556. The summed E-state index contributed by atoms with van der Waals surface area (Å²) in [6.45, 7) is 1.51. The van der Waals surface area contributed by atoms with Crippen LogP contribution in [-0.4, -0.2) is 22.1 Å². The highest BCUT2D eigenvalue weighted by molar-refractivity contribution is 5.94. The first-order valence-corrected chi connectivity index (χ1v) is 7.04. The molecule has 0 radical (unpaired) electrons. The summed E-state index contributed by atoms with van der Waals surface area (Å²) in [4.78, 5) is 19.7. The van der Waals surface area contributed by atoms with Crippen molar-refractivity contribution >= 4 is 17.7 Å². The van der Waals surface area contributed by atoms with Crippen molar-refractivity contribution in [2.75, 3.05) is 0 Å². The monoisotopic (exact) mass is 306 g/mol. The standard InChI is InChI=1S/C18H14N2O3/c1-12(21)13-7-9-15(10-8-13)19-11-16-18(22)23-17(20-16)14-5-3-2-4-6-14/h2-11,22H,1H3. The van der Waals surface area contributed by atoms with Gasteiger partial charge in [0.15, 0.2) is 11.5 Å². The summed E-state index contributed by atoms with van der Waals surface area (Å²) in [5.41, 5.74) is 2.30. The average molecular weight is 306 g/mol. The third-order valence-electron chi connectivity index (χ3n) is 3.26. The quantitative estimate of drug-likeness (QED) is 0.584. The average Bonchev–Trinajstić information content (AvgIpc) is 2.95. The number of nitrogens with zero attached hydrogens (tertiary/aromatic N) is 2. The van der Waals surface area contributed by atoms with Gasteiger partial charge in [-0.2, -0.15) is 0 Å². The van der Waals surface area contributed by atoms with Crippen molar-refractivity contribution in [3.8, 4) is 17.4 Å². The first kappa shape index (κ1) is 14.7. The molecule has 0 atom stereocenters. The van der Waals surface area contributed by atoms with Crippen molar-refractivity contribution in [2.45, 2.75) is 6.92 Å². The number of oxazole rings is 1. The molecule has 0 saturated carbocycles. The lowest BCUT2D eigenvalue weighted by Gasteiger charge is -1.95. The van der Waals surface area contributed by atoms with E-state index in [1.165, 1.54) is 13.1 Å². The van der Waals surface area contributed by atoms with E-state index in [4.69, 9.17) is 4.42 Å². The van der Waals surface area contributed by atoms with E-state index in [0.717, 1.165) is 5.56 Å². The number of aromatic hydroxyl groups is 1. The third kappa shape index (κ3) is 3.35. The minimum Gasteiger partial charge on any atom is -0.479 e. The van der Waals surface area contributed by atoms with Crippen LogP contribution >= 0.6 is 0 Å². The van der Waals surface area contributed by atoms with Crippen LogP contribution in [0.15, 0.2) is 64.0 Å². The Morgan fingerprint density at radius 3 is 2.48 bits per heavy atom. The van der Waals surface area contributed by atoms with E-state index in [9.17, 15) is 9.90 Å². The maximum absolute atomic E-state index is 11.2. The van der Waals surface area contributed by atoms with Gasteiger partial charge in [-0.25, -0.2) is 4.98 Å². The highest BCUT2D eigenvalue weighted by atomic mass is 16.5. The Kier molecular flexibility index (Phi) is 4.01.